The highest BCUT2D eigenvalue weighted by molar-refractivity contribution is 7.15. The van der Waals surface area contributed by atoms with Gasteiger partial charge in [-0.3, -0.25) is 4.79 Å². The average molecular weight is 264 g/mol. The normalized spacial score (nSPS) is 10.8. The third-order valence-corrected chi connectivity index (χ3v) is 3.20. The van der Waals surface area contributed by atoms with E-state index in [2.05, 4.69) is 31.1 Å². The first-order valence-corrected chi connectivity index (χ1v) is 5.71. The summed E-state index contributed by atoms with van der Waals surface area (Å²) in [6.45, 7) is 6.72. The molecule has 3 N–H and O–H groups in total. The van der Waals surface area contributed by atoms with Crippen LogP contribution in [0.25, 0.3) is 0 Å². The molecule has 1 heterocycles. The number of hydrogen-bond acceptors (Lipinski definition) is 4. The number of aromatic nitrogens is 1. The van der Waals surface area contributed by atoms with Crippen molar-refractivity contribution in [3.05, 3.63) is 11.1 Å². The first-order valence-electron chi connectivity index (χ1n) is 4.89. The van der Waals surface area contributed by atoms with E-state index in [0.29, 0.717) is 18.1 Å². The van der Waals surface area contributed by atoms with Crippen molar-refractivity contribution in [1.29, 1.82) is 0 Å². The summed E-state index contributed by atoms with van der Waals surface area (Å²) in [4.78, 5) is 16.6. The standard InChI is InChI=1S/C10H17N3OS.ClH/c1-10(2,3)7-6-12-9(15-7)13-8(14)4-5-11;/h6H,4-5,11H2,1-3H3,(H,12,13,14);1H. The molecular weight excluding hydrogens is 246 g/mol. The van der Waals surface area contributed by atoms with Crippen LogP contribution in [0.5, 0.6) is 0 Å². The zero-order chi connectivity index (χ0) is 11.5. The summed E-state index contributed by atoms with van der Waals surface area (Å²) in [5.74, 6) is -0.0766. The van der Waals surface area contributed by atoms with E-state index in [-0.39, 0.29) is 23.7 Å². The van der Waals surface area contributed by atoms with Gasteiger partial charge in [0.15, 0.2) is 5.13 Å². The molecule has 92 valence electrons. The van der Waals surface area contributed by atoms with E-state index >= 15 is 0 Å². The first-order chi connectivity index (χ1) is 6.93. The van der Waals surface area contributed by atoms with Crippen LogP contribution in [0, 0.1) is 0 Å². The summed E-state index contributed by atoms with van der Waals surface area (Å²) < 4.78 is 0. The Kier molecular flexibility index (Phi) is 5.92. The monoisotopic (exact) mass is 263 g/mol. The molecule has 0 radical (unpaired) electrons. The van der Waals surface area contributed by atoms with Crippen molar-refractivity contribution < 1.29 is 4.79 Å². The van der Waals surface area contributed by atoms with Crippen molar-refractivity contribution in [3.8, 4) is 0 Å². The van der Waals surface area contributed by atoms with Crippen molar-refractivity contribution >= 4 is 34.8 Å². The molecule has 0 bridgehead atoms. The van der Waals surface area contributed by atoms with Gasteiger partial charge in [0.05, 0.1) is 0 Å². The third kappa shape index (κ3) is 4.47. The number of carbonyl (C=O) groups excluding carboxylic acids is 1. The maximum atomic E-state index is 11.2. The van der Waals surface area contributed by atoms with Gasteiger partial charge in [-0.2, -0.15) is 0 Å². The maximum absolute atomic E-state index is 11.2. The minimum absolute atomic E-state index is 0. The molecule has 1 aromatic heterocycles. The average Bonchev–Trinajstić information content (AvgIpc) is 2.52. The number of nitrogens with two attached hydrogens (primary N) is 1. The van der Waals surface area contributed by atoms with Crippen LogP contribution in [-0.4, -0.2) is 17.4 Å². The van der Waals surface area contributed by atoms with Gasteiger partial charge in [0.2, 0.25) is 5.91 Å². The molecule has 0 aliphatic heterocycles. The van der Waals surface area contributed by atoms with Gasteiger partial charge in [0.1, 0.15) is 0 Å². The molecule has 0 aromatic carbocycles. The molecule has 0 fully saturated rings. The van der Waals surface area contributed by atoms with E-state index in [1.54, 1.807) is 0 Å². The van der Waals surface area contributed by atoms with E-state index in [4.69, 9.17) is 5.73 Å². The van der Waals surface area contributed by atoms with E-state index in [1.165, 1.54) is 11.3 Å². The molecule has 16 heavy (non-hydrogen) atoms. The molecule has 0 saturated carbocycles. The number of nitrogens with zero attached hydrogens (tertiary/aromatic N) is 1. The Bertz CT molecular complexity index is 346. The molecule has 4 nitrogen and oxygen atoms in total. The molecule has 0 spiro atoms. The number of halogens is 1. The van der Waals surface area contributed by atoms with Crippen LogP contribution >= 0.6 is 23.7 Å². The van der Waals surface area contributed by atoms with Crippen LogP contribution in [-0.2, 0) is 10.2 Å². The van der Waals surface area contributed by atoms with E-state index in [9.17, 15) is 4.79 Å². The van der Waals surface area contributed by atoms with E-state index in [1.807, 2.05) is 6.20 Å². The number of hydrogen-bond donors (Lipinski definition) is 2. The summed E-state index contributed by atoms with van der Waals surface area (Å²) in [5.41, 5.74) is 5.36. The first kappa shape index (κ1) is 15.3. The van der Waals surface area contributed by atoms with Gasteiger partial charge in [-0.05, 0) is 5.41 Å². The van der Waals surface area contributed by atoms with Crippen LogP contribution in [0.3, 0.4) is 0 Å². The molecular formula is C10H18ClN3OS. The molecule has 1 aromatic rings. The van der Waals surface area contributed by atoms with E-state index in [0.717, 1.165) is 4.88 Å². The highest BCUT2D eigenvalue weighted by Crippen LogP contribution is 2.29. The molecule has 0 saturated heterocycles. The van der Waals surface area contributed by atoms with Crippen molar-refractivity contribution in [3.63, 3.8) is 0 Å². The fraction of sp³-hybridized carbons (Fsp3) is 0.600. The quantitative estimate of drug-likeness (QED) is 0.878. The van der Waals surface area contributed by atoms with Crippen LogP contribution < -0.4 is 11.1 Å². The number of thiazole rings is 1. The number of nitrogens with one attached hydrogen (secondary N) is 1. The fourth-order valence-corrected chi connectivity index (χ4v) is 1.88. The van der Waals surface area contributed by atoms with Gasteiger partial charge in [0, 0.05) is 24.0 Å². The molecule has 1 rings (SSSR count). The summed E-state index contributed by atoms with van der Waals surface area (Å²) >= 11 is 1.51. The third-order valence-electron chi connectivity index (χ3n) is 1.86. The minimum Gasteiger partial charge on any atom is -0.330 e. The minimum atomic E-state index is -0.0766. The smallest absolute Gasteiger partial charge is 0.227 e. The Morgan fingerprint density at radius 1 is 1.56 bits per heavy atom. The van der Waals surface area contributed by atoms with Crippen molar-refractivity contribution in [2.45, 2.75) is 32.6 Å². The van der Waals surface area contributed by atoms with Gasteiger partial charge in [0.25, 0.3) is 0 Å². The van der Waals surface area contributed by atoms with Gasteiger partial charge in [-0.15, -0.1) is 23.7 Å². The second-order valence-corrected chi connectivity index (χ2v) is 5.40. The maximum Gasteiger partial charge on any atom is 0.227 e. The lowest BCUT2D eigenvalue weighted by Gasteiger charge is -2.14. The predicted molar refractivity (Wildman–Crippen MR) is 70.4 cm³/mol. The van der Waals surface area contributed by atoms with Crippen molar-refractivity contribution in [2.24, 2.45) is 5.73 Å². The fourth-order valence-electron chi connectivity index (χ4n) is 0.992. The van der Waals surface area contributed by atoms with Gasteiger partial charge < -0.3 is 11.1 Å². The Morgan fingerprint density at radius 3 is 2.62 bits per heavy atom. The summed E-state index contributed by atoms with van der Waals surface area (Å²) in [7, 11) is 0. The van der Waals surface area contributed by atoms with Gasteiger partial charge in [-0.1, -0.05) is 20.8 Å². The number of amides is 1. The van der Waals surface area contributed by atoms with Crippen LogP contribution in [0.2, 0.25) is 0 Å². The summed E-state index contributed by atoms with van der Waals surface area (Å²) in [5, 5.41) is 3.38. The largest absolute Gasteiger partial charge is 0.330 e. The molecule has 0 aliphatic rings. The van der Waals surface area contributed by atoms with Crippen LogP contribution in [0.1, 0.15) is 32.1 Å². The van der Waals surface area contributed by atoms with Crippen molar-refractivity contribution in [1.82, 2.24) is 4.98 Å². The Labute approximate surface area is 106 Å². The summed E-state index contributed by atoms with van der Waals surface area (Å²) in [6, 6.07) is 0. The lowest BCUT2D eigenvalue weighted by Crippen LogP contribution is -2.15. The molecule has 0 unspecified atom stereocenters. The van der Waals surface area contributed by atoms with Crippen LogP contribution in [0.4, 0.5) is 5.13 Å². The number of carbonyl (C=O) groups is 1. The molecule has 0 atom stereocenters. The zero-order valence-corrected chi connectivity index (χ0v) is 11.4. The number of anilines is 1. The molecule has 0 aliphatic carbocycles. The summed E-state index contributed by atoms with van der Waals surface area (Å²) in [6.07, 6.45) is 2.15. The molecule has 1 amide bonds. The highest BCUT2D eigenvalue weighted by atomic mass is 35.5. The SMILES string of the molecule is CC(C)(C)c1cnc(NC(=O)CCN)s1.Cl. The van der Waals surface area contributed by atoms with Crippen molar-refractivity contribution in [2.75, 3.05) is 11.9 Å². The zero-order valence-electron chi connectivity index (χ0n) is 9.74. The second kappa shape index (κ2) is 6.18. The highest BCUT2D eigenvalue weighted by Gasteiger charge is 2.17. The Balaban J connectivity index is 0.00000225. The number of rotatable bonds is 3. The van der Waals surface area contributed by atoms with E-state index < -0.39 is 0 Å². The van der Waals surface area contributed by atoms with Gasteiger partial charge >= 0.3 is 0 Å². The van der Waals surface area contributed by atoms with Gasteiger partial charge in [-0.25, -0.2) is 4.98 Å². The lowest BCUT2D eigenvalue weighted by molar-refractivity contribution is -0.116. The van der Waals surface area contributed by atoms with Crippen LogP contribution in [0.15, 0.2) is 6.20 Å². The predicted octanol–water partition coefficient (Wildman–Crippen LogP) is 2.15. The topological polar surface area (TPSA) is 68.0 Å². The second-order valence-electron chi connectivity index (χ2n) is 4.37. The lowest BCUT2D eigenvalue weighted by atomic mass is 9.96. The Morgan fingerprint density at radius 2 is 2.19 bits per heavy atom. The Hall–Kier alpha value is -0.650. The molecule has 6 heteroatoms.